The summed E-state index contributed by atoms with van der Waals surface area (Å²) < 4.78 is 39.4. The summed E-state index contributed by atoms with van der Waals surface area (Å²) in [5.41, 5.74) is 0. The first-order valence-electron chi connectivity index (χ1n) is 4.44. The van der Waals surface area contributed by atoms with Gasteiger partial charge in [0.15, 0.2) is 6.29 Å². The molecule has 1 heterocycles. The molecule has 1 saturated heterocycles. The van der Waals surface area contributed by atoms with E-state index in [1.54, 1.807) is 0 Å². The van der Waals surface area contributed by atoms with E-state index in [0.717, 1.165) is 0 Å². The van der Waals surface area contributed by atoms with Gasteiger partial charge in [0.05, 0.1) is 0 Å². The van der Waals surface area contributed by atoms with Crippen molar-refractivity contribution in [3.05, 3.63) is 0 Å². The Kier molecular flexibility index (Phi) is 4.23. The average Bonchev–Trinajstić information content (AvgIpc) is 2.12. The van der Waals surface area contributed by atoms with Crippen LogP contribution in [0.5, 0.6) is 0 Å². The van der Waals surface area contributed by atoms with Crippen LogP contribution in [0.25, 0.3) is 0 Å². The fraction of sp³-hybridized carbons (Fsp3) is 1.00. The molecule has 1 aliphatic rings. The van der Waals surface area contributed by atoms with Crippen LogP contribution in [0.15, 0.2) is 0 Å². The topological polar surface area (TPSA) is 134 Å². The molecule has 1 rings (SSSR count). The molecule has 0 radical (unpaired) electrons. The summed E-state index contributed by atoms with van der Waals surface area (Å²) in [5, 5.41) is 27.9. The third-order valence-corrected chi connectivity index (χ3v) is 3.06. The van der Waals surface area contributed by atoms with Crippen molar-refractivity contribution in [3.63, 3.8) is 0 Å². The maximum atomic E-state index is 10.7. The number of hydrogen-bond acceptors (Lipinski definition) is 7. The molecular weight excluding hydrogens is 244 g/mol. The van der Waals surface area contributed by atoms with E-state index in [0.29, 0.717) is 0 Å². The molecule has 0 bridgehead atoms. The average molecular weight is 258 g/mol. The van der Waals surface area contributed by atoms with Crippen molar-refractivity contribution < 1.29 is 37.8 Å². The third kappa shape index (κ3) is 3.10. The van der Waals surface area contributed by atoms with E-state index in [9.17, 15) is 18.6 Å². The Morgan fingerprint density at radius 3 is 2.25 bits per heavy atom. The third-order valence-electron chi connectivity index (χ3n) is 2.31. The van der Waals surface area contributed by atoms with E-state index in [1.165, 1.54) is 7.11 Å². The number of rotatable bonds is 3. The molecule has 96 valence electrons. The van der Waals surface area contributed by atoms with Gasteiger partial charge in [-0.1, -0.05) is 0 Å². The van der Waals surface area contributed by atoms with Crippen LogP contribution >= 0.6 is 0 Å². The van der Waals surface area contributed by atoms with E-state index in [-0.39, 0.29) is 0 Å². The molecule has 9 heteroatoms. The van der Waals surface area contributed by atoms with Crippen molar-refractivity contribution in [2.45, 2.75) is 30.7 Å². The van der Waals surface area contributed by atoms with Crippen LogP contribution in [-0.4, -0.2) is 71.9 Å². The second kappa shape index (κ2) is 4.92. The summed E-state index contributed by atoms with van der Waals surface area (Å²) in [4.78, 5) is 0. The summed E-state index contributed by atoms with van der Waals surface area (Å²) in [6.07, 6.45) is -7.23. The monoisotopic (exact) mass is 258 g/mol. The first kappa shape index (κ1) is 13.8. The highest BCUT2D eigenvalue weighted by atomic mass is 32.2. The summed E-state index contributed by atoms with van der Waals surface area (Å²) in [6, 6.07) is 0. The molecular formula is C7H14O8S. The normalized spacial score (nSPS) is 40.9. The van der Waals surface area contributed by atoms with Gasteiger partial charge in [-0.3, -0.25) is 4.55 Å². The first-order chi connectivity index (χ1) is 7.26. The van der Waals surface area contributed by atoms with E-state index in [2.05, 4.69) is 0 Å². The number of methoxy groups -OCH3 is 1. The molecule has 8 nitrogen and oxygen atoms in total. The predicted octanol–water partition coefficient (Wildman–Crippen LogP) is -2.67. The van der Waals surface area contributed by atoms with Crippen molar-refractivity contribution in [1.29, 1.82) is 0 Å². The minimum Gasteiger partial charge on any atom is -0.387 e. The number of hydrogen-bond donors (Lipinski definition) is 4. The lowest BCUT2D eigenvalue weighted by Gasteiger charge is -2.39. The molecule has 0 aromatic rings. The van der Waals surface area contributed by atoms with Crippen molar-refractivity contribution in [2.24, 2.45) is 0 Å². The molecule has 0 aromatic heterocycles. The van der Waals surface area contributed by atoms with Gasteiger partial charge in [0.2, 0.25) is 0 Å². The zero-order valence-corrected chi connectivity index (χ0v) is 9.24. The van der Waals surface area contributed by atoms with Gasteiger partial charge in [0, 0.05) is 7.11 Å². The Balaban J connectivity index is 2.83. The number of aliphatic hydroxyl groups is 3. The highest BCUT2D eigenvalue weighted by Gasteiger charge is 2.45. The van der Waals surface area contributed by atoms with E-state index in [4.69, 9.17) is 19.1 Å². The molecule has 16 heavy (non-hydrogen) atoms. The Morgan fingerprint density at radius 2 is 1.81 bits per heavy atom. The largest absolute Gasteiger partial charge is 0.387 e. The van der Waals surface area contributed by atoms with Crippen LogP contribution in [-0.2, 0) is 19.6 Å². The Labute approximate surface area is 92.2 Å². The molecule has 1 fully saturated rings. The van der Waals surface area contributed by atoms with E-state index in [1.807, 2.05) is 0 Å². The van der Waals surface area contributed by atoms with Crippen LogP contribution in [0.4, 0.5) is 0 Å². The maximum absolute atomic E-state index is 10.7. The van der Waals surface area contributed by atoms with Gasteiger partial charge in [-0.25, -0.2) is 0 Å². The molecule has 0 aromatic carbocycles. The highest BCUT2D eigenvalue weighted by Crippen LogP contribution is 2.22. The summed E-state index contributed by atoms with van der Waals surface area (Å²) in [5.74, 6) is -0.841. The fourth-order valence-electron chi connectivity index (χ4n) is 1.55. The second-order valence-corrected chi connectivity index (χ2v) is 4.99. The van der Waals surface area contributed by atoms with Gasteiger partial charge in [-0.15, -0.1) is 0 Å². The number of aliphatic hydroxyl groups excluding tert-OH is 3. The Bertz CT molecular complexity index is 327. The predicted molar refractivity (Wildman–Crippen MR) is 50.1 cm³/mol. The summed E-state index contributed by atoms with van der Waals surface area (Å²) >= 11 is 0. The molecule has 0 saturated carbocycles. The van der Waals surface area contributed by atoms with Crippen LogP contribution in [0.2, 0.25) is 0 Å². The lowest BCUT2D eigenvalue weighted by atomic mass is 10.00. The molecule has 0 aliphatic carbocycles. The van der Waals surface area contributed by atoms with Crippen LogP contribution in [0, 0.1) is 0 Å². The van der Waals surface area contributed by atoms with Crippen molar-refractivity contribution >= 4 is 10.1 Å². The molecule has 5 atom stereocenters. The van der Waals surface area contributed by atoms with Gasteiger partial charge >= 0.3 is 0 Å². The maximum Gasteiger partial charge on any atom is 0.267 e. The standard InChI is InChI=1S/C7H14O8S/c1-14-6-3(2-16(11,12)13)15-7(10)5(9)4(6)8/h3-10H,2H2,1H3,(H,11,12,13). The summed E-state index contributed by atoms with van der Waals surface area (Å²) in [7, 11) is -3.16. The fourth-order valence-corrected chi connectivity index (χ4v) is 2.24. The molecule has 5 unspecified atom stereocenters. The molecule has 0 amide bonds. The van der Waals surface area contributed by atoms with E-state index >= 15 is 0 Å². The zero-order valence-electron chi connectivity index (χ0n) is 8.42. The quantitative estimate of drug-likeness (QED) is 0.403. The van der Waals surface area contributed by atoms with E-state index < -0.39 is 46.6 Å². The SMILES string of the molecule is COC1C(CS(=O)(=O)O)OC(O)C(O)C1O. The lowest BCUT2D eigenvalue weighted by Crippen LogP contribution is -2.59. The molecule has 4 N–H and O–H groups in total. The van der Waals surface area contributed by atoms with Gasteiger partial charge in [-0.2, -0.15) is 8.42 Å². The molecule has 0 spiro atoms. The van der Waals surface area contributed by atoms with Crippen LogP contribution < -0.4 is 0 Å². The summed E-state index contributed by atoms with van der Waals surface area (Å²) in [6.45, 7) is 0. The molecule has 1 aliphatic heterocycles. The first-order valence-corrected chi connectivity index (χ1v) is 6.05. The Morgan fingerprint density at radius 1 is 1.25 bits per heavy atom. The van der Waals surface area contributed by atoms with Crippen LogP contribution in [0.1, 0.15) is 0 Å². The smallest absolute Gasteiger partial charge is 0.267 e. The van der Waals surface area contributed by atoms with Crippen molar-refractivity contribution in [1.82, 2.24) is 0 Å². The van der Waals surface area contributed by atoms with Crippen molar-refractivity contribution in [2.75, 3.05) is 12.9 Å². The van der Waals surface area contributed by atoms with Gasteiger partial charge in [0.25, 0.3) is 10.1 Å². The van der Waals surface area contributed by atoms with Gasteiger partial charge < -0.3 is 24.8 Å². The minimum atomic E-state index is -4.34. The van der Waals surface area contributed by atoms with Crippen molar-refractivity contribution in [3.8, 4) is 0 Å². The zero-order chi connectivity index (χ0) is 12.5. The number of ether oxygens (including phenoxy) is 2. The second-order valence-electron chi connectivity index (χ2n) is 3.50. The highest BCUT2D eigenvalue weighted by molar-refractivity contribution is 7.85. The Hall–Kier alpha value is -0.290. The van der Waals surface area contributed by atoms with Gasteiger partial charge in [-0.05, 0) is 0 Å². The van der Waals surface area contributed by atoms with Gasteiger partial charge in [0.1, 0.15) is 30.2 Å². The van der Waals surface area contributed by atoms with Crippen LogP contribution in [0.3, 0.4) is 0 Å². The minimum absolute atomic E-state index is 0.841. The lowest BCUT2D eigenvalue weighted by molar-refractivity contribution is -0.281.